The molecule has 2 aromatic rings. The molecule has 0 radical (unpaired) electrons. The van der Waals surface area contributed by atoms with Gasteiger partial charge in [0, 0.05) is 5.56 Å². The Kier molecular flexibility index (Phi) is 3.76. The monoisotopic (exact) mass is 227 g/mol. The van der Waals surface area contributed by atoms with Crippen molar-refractivity contribution in [3.8, 4) is 5.75 Å². The van der Waals surface area contributed by atoms with Crippen LogP contribution in [0.25, 0.3) is 0 Å². The van der Waals surface area contributed by atoms with Gasteiger partial charge in [-0.05, 0) is 17.7 Å². The molecule has 17 heavy (non-hydrogen) atoms. The van der Waals surface area contributed by atoms with E-state index in [0.717, 1.165) is 11.1 Å². The average Bonchev–Trinajstić information content (AvgIpc) is 2.39. The topological polar surface area (TPSA) is 41.8 Å². The summed E-state index contributed by atoms with van der Waals surface area (Å²) in [6.07, 6.45) is 1.36. The van der Waals surface area contributed by atoms with E-state index in [1.54, 1.807) is 0 Å². The lowest BCUT2D eigenvalue weighted by molar-refractivity contribution is 0.304. The number of hydrogen-bond donors (Lipinski definition) is 1. The molecule has 1 N–H and O–H groups in total. The Hall–Kier alpha value is -2.29. The maximum atomic E-state index is 8.54. The summed E-state index contributed by atoms with van der Waals surface area (Å²) in [5.41, 5.74) is 1.86. The van der Waals surface area contributed by atoms with E-state index in [9.17, 15) is 0 Å². The molecular weight excluding hydrogens is 214 g/mol. The van der Waals surface area contributed by atoms with Crippen LogP contribution < -0.4 is 4.74 Å². The zero-order valence-electron chi connectivity index (χ0n) is 9.28. The van der Waals surface area contributed by atoms with Crippen molar-refractivity contribution in [2.24, 2.45) is 5.16 Å². The number of ether oxygens (including phenoxy) is 1. The van der Waals surface area contributed by atoms with Crippen molar-refractivity contribution >= 4 is 6.21 Å². The third-order valence-corrected chi connectivity index (χ3v) is 2.35. The maximum absolute atomic E-state index is 8.54. The van der Waals surface area contributed by atoms with E-state index in [2.05, 4.69) is 5.16 Å². The summed E-state index contributed by atoms with van der Waals surface area (Å²) in [5.74, 6) is 0.703. The number of benzene rings is 2. The Morgan fingerprint density at radius 2 is 1.71 bits per heavy atom. The van der Waals surface area contributed by atoms with Gasteiger partial charge in [-0.15, -0.1) is 0 Å². The van der Waals surface area contributed by atoms with Crippen LogP contribution >= 0.6 is 0 Å². The van der Waals surface area contributed by atoms with E-state index in [-0.39, 0.29) is 0 Å². The van der Waals surface area contributed by atoms with E-state index in [1.807, 2.05) is 54.6 Å². The largest absolute Gasteiger partial charge is 0.488 e. The van der Waals surface area contributed by atoms with E-state index in [1.165, 1.54) is 6.21 Å². The quantitative estimate of drug-likeness (QED) is 0.495. The van der Waals surface area contributed by atoms with Gasteiger partial charge >= 0.3 is 0 Å². The number of oxime groups is 1. The number of hydrogen-bond acceptors (Lipinski definition) is 3. The summed E-state index contributed by atoms with van der Waals surface area (Å²) < 4.78 is 5.67. The van der Waals surface area contributed by atoms with Crippen molar-refractivity contribution < 1.29 is 9.94 Å². The first-order valence-corrected chi connectivity index (χ1v) is 5.33. The first-order valence-electron chi connectivity index (χ1n) is 5.33. The second-order valence-corrected chi connectivity index (χ2v) is 3.56. The molecule has 0 aliphatic rings. The summed E-state index contributed by atoms with van der Waals surface area (Å²) in [6, 6.07) is 17.3. The van der Waals surface area contributed by atoms with Gasteiger partial charge in [-0.1, -0.05) is 47.6 Å². The van der Waals surface area contributed by atoms with Crippen molar-refractivity contribution in [3.63, 3.8) is 0 Å². The molecule has 0 unspecified atom stereocenters. The Balaban J connectivity index is 2.09. The van der Waals surface area contributed by atoms with Crippen LogP contribution in [-0.2, 0) is 6.61 Å². The third kappa shape index (κ3) is 3.08. The highest BCUT2D eigenvalue weighted by Crippen LogP contribution is 2.17. The Bertz CT molecular complexity index is 495. The first kappa shape index (κ1) is 11.2. The molecule has 3 heteroatoms. The van der Waals surface area contributed by atoms with Crippen molar-refractivity contribution in [2.45, 2.75) is 6.61 Å². The van der Waals surface area contributed by atoms with Crippen LogP contribution in [0.1, 0.15) is 11.1 Å². The highest BCUT2D eigenvalue weighted by molar-refractivity contribution is 5.82. The van der Waals surface area contributed by atoms with Crippen molar-refractivity contribution in [1.29, 1.82) is 0 Å². The molecule has 2 aromatic carbocycles. The molecule has 0 spiro atoms. The van der Waals surface area contributed by atoms with Crippen LogP contribution in [0.15, 0.2) is 59.8 Å². The Labute approximate surface area is 100.0 Å². The summed E-state index contributed by atoms with van der Waals surface area (Å²) in [5, 5.41) is 11.6. The Morgan fingerprint density at radius 1 is 1.00 bits per heavy atom. The molecule has 0 heterocycles. The smallest absolute Gasteiger partial charge is 0.128 e. The van der Waals surface area contributed by atoms with Crippen molar-refractivity contribution in [1.82, 2.24) is 0 Å². The predicted octanol–water partition coefficient (Wildman–Crippen LogP) is 3.07. The highest BCUT2D eigenvalue weighted by atomic mass is 16.5. The standard InChI is InChI=1S/C14H13NO2/c16-15-10-13-8-4-5-9-14(13)17-11-12-6-2-1-3-7-12/h1-10,16H,11H2. The lowest BCUT2D eigenvalue weighted by atomic mass is 10.2. The van der Waals surface area contributed by atoms with Gasteiger partial charge in [0.2, 0.25) is 0 Å². The average molecular weight is 227 g/mol. The SMILES string of the molecule is ON=Cc1ccccc1OCc1ccccc1. The highest BCUT2D eigenvalue weighted by Gasteiger charge is 2.00. The van der Waals surface area contributed by atoms with Crippen LogP contribution in [0, 0.1) is 0 Å². The Morgan fingerprint density at radius 3 is 2.47 bits per heavy atom. The zero-order valence-corrected chi connectivity index (χ0v) is 9.28. The molecule has 86 valence electrons. The maximum Gasteiger partial charge on any atom is 0.128 e. The van der Waals surface area contributed by atoms with E-state index in [4.69, 9.17) is 9.94 Å². The summed E-state index contributed by atoms with van der Waals surface area (Å²) in [6.45, 7) is 0.497. The van der Waals surface area contributed by atoms with Crippen LogP contribution in [-0.4, -0.2) is 11.4 Å². The molecule has 0 saturated heterocycles. The summed E-state index contributed by atoms with van der Waals surface area (Å²) >= 11 is 0. The normalized spacial score (nSPS) is 10.6. The molecule has 0 aromatic heterocycles. The van der Waals surface area contributed by atoms with Crippen LogP contribution in [0.5, 0.6) is 5.75 Å². The van der Waals surface area contributed by atoms with E-state index < -0.39 is 0 Å². The lowest BCUT2D eigenvalue weighted by Gasteiger charge is -2.08. The molecule has 0 bridgehead atoms. The fourth-order valence-corrected chi connectivity index (χ4v) is 1.52. The molecule has 0 saturated carbocycles. The third-order valence-electron chi connectivity index (χ3n) is 2.35. The number of para-hydroxylation sites is 1. The zero-order chi connectivity index (χ0) is 11.9. The van der Waals surface area contributed by atoms with Gasteiger partial charge in [0.1, 0.15) is 12.4 Å². The number of nitrogens with zero attached hydrogens (tertiary/aromatic N) is 1. The minimum Gasteiger partial charge on any atom is -0.488 e. The molecule has 0 aliphatic carbocycles. The summed E-state index contributed by atoms with van der Waals surface area (Å²) in [4.78, 5) is 0. The van der Waals surface area contributed by atoms with Gasteiger partial charge in [-0.3, -0.25) is 0 Å². The first-order chi connectivity index (χ1) is 8.40. The second-order valence-electron chi connectivity index (χ2n) is 3.56. The van der Waals surface area contributed by atoms with E-state index >= 15 is 0 Å². The molecule has 2 rings (SSSR count). The van der Waals surface area contributed by atoms with E-state index in [0.29, 0.717) is 12.4 Å². The van der Waals surface area contributed by atoms with Crippen LogP contribution in [0.3, 0.4) is 0 Å². The van der Waals surface area contributed by atoms with Gasteiger partial charge < -0.3 is 9.94 Å². The fourth-order valence-electron chi connectivity index (χ4n) is 1.52. The molecule has 0 aliphatic heterocycles. The van der Waals surface area contributed by atoms with Gasteiger partial charge in [0.25, 0.3) is 0 Å². The van der Waals surface area contributed by atoms with Gasteiger partial charge in [-0.25, -0.2) is 0 Å². The molecule has 0 fully saturated rings. The molecular formula is C14H13NO2. The minimum absolute atomic E-state index is 0.497. The minimum atomic E-state index is 0.497. The van der Waals surface area contributed by atoms with Gasteiger partial charge in [0.05, 0.1) is 6.21 Å². The van der Waals surface area contributed by atoms with Gasteiger partial charge in [0.15, 0.2) is 0 Å². The lowest BCUT2D eigenvalue weighted by Crippen LogP contribution is -1.97. The predicted molar refractivity (Wildman–Crippen MR) is 66.6 cm³/mol. The fraction of sp³-hybridized carbons (Fsp3) is 0.0714. The number of rotatable bonds is 4. The van der Waals surface area contributed by atoms with Crippen LogP contribution in [0.2, 0.25) is 0 Å². The van der Waals surface area contributed by atoms with Crippen molar-refractivity contribution in [2.75, 3.05) is 0 Å². The van der Waals surface area contributed by atoms with Crippen LogP contribution in [0.4, 0.5) is 0 Å². The van der Waals surface area contributed by atoms with Crippen molar-refractivity contribution in [3.05, 3.63) is 65.7 Å². The second kappa shape index (κ2) is 5.70. The summed E-state index contributed by atoms with van der Waals surface area (Å²) in [7, 11) is 0. The van der Waals surface area contributed by atoms with Gasteiger partial charge in [-0.2, -0.15) is 0 Å². The molecule has 0 amide bonds. The molecule has 3 nitrogen and oxygen atoms in total. The molecule has 0 atom stereocenters.